The summed E-state index contributed by atoms with van der Waals surface area (Å²) in [5.74, 6) is -2.01. The van der Waals surface area contributed by atoms with Crippen molar-refractivity contribution in [3.05, 3.63) is 32.1 Å². The molecule has 10 nitrogen and oxygen atoms in total. The number of aliphatic carboxylic acids is 1. The lowest BCUT2D eigenvalue weighted by Crippen LogP contribution is -2.71. The molecule has 2 fully saturated rings. The Morgan fingerprint density at radius 2 is 2.03 bits per heavy atom. The molecule has 0 unspecified atom stereocenters. The number of fused-ring (bicyclic) bond motifs is 1. The van der Waals surface area contributed by atoms with Crippen LogP contribution in [0.5, 0.6) is 0 Å². The molecule has 2 N–H and O–H groups in total. The number of carboxylic acids is 1. The highest BCUT2D eigenvalue weighted by Crippen LogP contribution is 2.48. The number of aryl methyl sites for hydroxylation is 1. The van der Waals surface area contributed by atoms with Gasteiger partial charge in [0.1, 0.15) is 28.2 Å². The second kappa shape index (κ2) is 10.1. The average molecular weight is 654 g/mol. The van der Waals surface area contributed by atoms with Gasteiger partial charge in [0.25, 0.3) is 5.91 Å². The van der Waals surface area contributed by atoms with E-state index in [2.05, 4.69) is 36.5 Å². The van der Waals surface area contributed by atoms with Crippen molar-refractivity contribution in [2.75, 3.05) is 11.5 Å². The number of rotatable bonds is 8. The quantitative estimate of drug-likeness (QED) is 0.323. The number of aromatic nitrogens is 4. The molecule has 0 aromatic carbocycles. The Balaban J connectivity index is 1.31. The third kappa shape index (κ3) is 4.97. The predicted octanol–water partition coefficient (Wildman–Crippen LogP) is 3.79. The van der Waals surface area contributed by atoms with Crippen molar-refractivity contribution < 1.29 is 32.7 Å². The van der Waals surface area contributed by atoms with Gasteiger partial charge in [0, 0.05) is 17.4 Å². The molecule has 0 bridgehead atoms. The van der Waals surface area contributed by atoms with E-state index < -0.39 is 47.1 Å². The summed E-state index contributed by atoms with van der Waals surface area (Å²) >= 11 is 7.05. The van der Waals surface area contributed by atoms with Crippen LogP contribution in [0, 0.1) is 6.92 Å². The number of hydrogen-bond acceptors (Lipinski definition) is 9. The number of alkyl halides is 3. The van der Waals surface area contributed by atoms with Crippen molar-refractivity contribution in [3.8, 4) is 0 Å². The van der Waals surface area contributed by atoms with E-state index in [9.17, 15) is 32.7 Å². The standard InChI is InChI=1S/C21H20BrF3N6O4S3/c1-7(31-13(9-3-4-9)11(22)15(29-31)21(23,24)25)16(32)26-12-17(33)30-14(19(34)35)10(5-36-18(12)30)6-37-20-28-27-8(2)38-20/h7,9,12,18H,3-6H2,1-2H3,(H,26,32)(H,34,35)/t7-,12-,18+/m1/s1. The first-order chi connectivity index (χ1) is 17.9. The summed E-state index contributed by atoms with van der Waals surface area (Å²) < 4.78 is 42.0. The number of β-lactam (4-membered cyclic amide) rings is 1. The maximum atomic E-state index is 13.5. The number of carbonyl (C=O) groups is 3. The molecular weight excluding hydrogens is 633 g/mol. The SMILES string of the molecule is Cc1nnc(SCC2=C(C(=O)O)N3C(=O)[C@@H](NC(=O)[C@@H](C)n4nc(C(F)(F)F)c(Br)c4C4CC4)[C@@H]3SC2)s1. The zero-order chi connectivity index (χ0) is 27.5. The van der Waals surface area contributed by atoms with Crippen molar-refractivity contribution in [1.82, 2.24) is 30.2 Å². The Kier molecular flexibility index (Phi) is 7.32. The first-order valence-corrected chi connectivity index (χ1v) is 15.0. The van der Waals surface area contributed by atoms with Gasteiger partial charge in [-0.05, 0) is 48.2 Å². The summed E-state index contributed by atoms with van der Waals surface area (Å²) in [7, 11) is 0. The fourth-order valence-corrected chi connectivity index (χ4v) is 8.40. The summed E-state index contributed by atoms with van der Waals surface area (Å²) in [6, 6.07) is -2.12. The molecule has 2 aromatic rings. The second-order valence-electron chi connectivity index (χ2n) is 8.97. The highest BCUT2D eigenvalue weighted by atomic mass is 79.9. The van der Waals surface area contributed by atoms with Gasteiger partial charge in [-0.2, -0.15) is 18.3 Å². The second-order valence-corrected chi connectivity index (χ2v) is 13.3. The average Bonchev–Trinajstić information content (AvgIpc) is 3.50. The molecule has 17 heteroatoms. The molecule has 204 valence electrons. The number of thioether (sulfide) groups is 2. The first kappa shape index (κ1) is 27.5. The molecule has 3 atom stereocenters. The normalized spacial score (nSPS) is 22.3. The molecule has 4 heterocycles. The number of carbonyl (C=O) groups excluding carboxylic acids is 2. The monoisotopic (exact) mass is 652 g/mol. The predicted molar refractivity (Wildman–Crippen MR) is 137 cm³/mol. The summed E-state index contributed by atoms with van der Waals surface area (Å²) in [6.45, 7) is 3.23. The third-order valence-corrected chi connectivity index (χ3v) is 10.5. The molecule has 2 amide bonds. The maximum absolute atomic E-state index is 13.5. The van der Waals surface area contributed by atoms with Crippen LogP contribution in [0.3, 0.4) is 0 Å². The molecular formula is C21H20BrF3N6O4S3. The van der Waals surface area contributed by atoms with Gasteiger partial charge in [-0.15, -0.1) is 22.0 Å². The first-order valence-electron chi connectivity index (χ1n) is 11.4. The van der Waals surface area contributed by atoms with E-state index in [1.54, 1.807) is 0 Å². The van der Waals surface area contributed by atoms with Crippen LogP contribution in [0.15, 0.2) is 20.1 Å². The van der Waals surface area contributed by atoms with Crippen molar-refractivity contribution in [1.29, 1.82) is 0 Å². The lowest BCUT2D eigenvalue weighted by Gasteiger charge is -2.49. The summed E-state index contributed by atoms with van der Waals surface area (Å²) in [5.41, 5.74) is -0.360. The van der Waals surface area contributed by atoms with Gasteiger partial charge >= 0.3 is 12.1 Å². The van der Waals surface area contributed by atoms with Crippen molar-refractivity contribution in [2.45, 2.75) is 60.6 Å². The van der Waals surface area contributed by atoms with E-state index in [-0.39, 0.29) is 16.1 Å². The minimum absolute atomic E-state index is 0.118. The van der Waals surface area contributed by atoms with Crippen molar-refractivity contribution >= 4 is 68.6 Å². The number of nitrogens with zero attached hydrogens (tertiary/aromatic N) is 5. The van der Waals surface area contributed by atoms with Crippen molar-refractivity contribution in [2.24, 2.45) is 0 Å². The number of hydrogen-bond donors (Lipinski definition) is 2. The topological polar surface area (TPSA) is 130 Å². The molecule has 1 saturated heterocycles. The van der Waals surface area contributed by atoms with E-state index in [1.165, 1.54) is 41.8 Å². The van der Waals surface area contributed by atoms with Gasteiger partial charge in [0.05, 0.1) is 10.2 Å². The Morgan fingerprint density at radius 3 is 2.61 bits per heavy atom. The van der Waals surface area contributed by atoms with E-state index >= 15 is 0 Å². The van der Waals surface area contributed by atoms with Crippen LogP contribution in [0.25, 0.3) is 0 Å². The van der Waals surface area contributed by atoms with Gasteiger partial charge in [-0.25, -0.2) is 4.79 Å². The minimum Gasteiger partial charge on any atom is -0.477 e. The summed E-state index contributed by atoms with van der Waals surface area (Å²) in [6.07, 6.45) is -3.32. The van der Waals surface area contributed by atoms with Gasteiger partial charge in [0.15, 0.2) is 10.0 Å². The Hall–Kier alpha value is -2.11. The zero-order valence-electron chi connectivity index (χ0n) is 19.8. The molecule has 2 aromatic heterocycles. The molecule has 38 heavy (non-hydrogen) atoms. The van der Waals surface area contributed by atoms with Gasteiger partial charge in [-0.1, -0.05) is 23.1 Å². The maximum Gasteiger partial charge on any atom is 0.436 e. The largest absolute Gasteiger partial charge is 0.477 e. The van der Waals surface area contributed by atoms with E-state index in [4.69, 9.17) is 0 Å². The molecule has 1 aliphatic carbocycles. The van der Waals surface area contributed by atoms with E-state index in [0.717, 1.165) is 14.6 Å². The van der Waals surface area contributed by atoms with Gasteiger partial charge < -0.3 is 10.4 Å². The highest BCUT2D eigenvalue weighted by molar-refractivity contribution is 9.10. The molecule has 0 radical (unpaired) electrons. The smallest absolute Gasteiger partial charge is 0.436 e. The molecule has 3 aliphatic rings. The number of nitrogens with one attached hydrogen (secondary N) is 1. The number of carboxylic acid groups (broad SMARTS) is 1. The van der Waals surface area contributed by atoms with E-state index in [0.29, 0.717) is 40.0 Å². The lowest BCUT2D eigenvalue weighted by atomic mass is 10.0. The number of amides is 2. The minimum atomic E-state index is -4.70. The molecule has 1 saturated carbocycles. The van der Waals surface area contributed by atoms with Crippen LogP contribution in [0.1, 0.15) is 48.1 Å². The Labute approximate surface area is 234 Å². The van der Waals surface area contributed by atoms with Crippen LogP contribution in [-0.4, -0.2) is 70.7 Å². The van der Waals surface area contributed by atoms with Crippen molar-refractivity contribution in [3.63, 3.8) is 0 Å². The highest BCUT2D eigenvalue weighted by Gasteiger charge is 2.54. The van der Waals surface area contributed by atoms with E-state index in [1.807, 2.05) is 6.92 Å². The fraction of sp³-hybridized carbons (Fsp3) is 0.524. The van der Waals surface area contributed by atoms with Crippen LogP contribution >= 0.6 is 50.8 Å². The van der Waals surface area contributed by atoms with Crippen LogP contribution < -0.4 is 5.32 Å². The number of halogens is 4. The van der Waals surface area contributed by atoms with Crippen LogP contribution in [0.4, 0.5) is 13.2 Å². The Morgan fingerprint density at radius 1 is 1.32 bits per heavy atom. The summed E-state index contributed by atoms with van der Waals surface area (Å²) in [5, 5.41) is 24.2. The third-order valence-electron chi connectivity index (χ3n) is 6.29. The lowest BCUT2D eigenvalue weighted by molar-refractivity contribution is -0.151. The summed E-state index contributed by atoms with van der Waals surface area (Å²) in [4.78, 5) is 39.3. The van der Waals surface area contributed by atoms with Gasteiger partial charge in [-0.3, -0.25) is 19.2 Å². The molecule has 0 spiro atoms. The fourth-order valence-electron chi connectivity index (χ4n) is 4.29. The van der Waals surface area contributed by atoms with Crippen LogP contribution in [-0.2, 0) is 20.6 Å². The zero-order valence-corrected chi connectivity index (χ0v) is 23.8. The Bertz CT molecular complexity index is 1360. The molecule has 5 rings (SSSR count). The van der Waals surface area contributed by atoms with Gasteiger partial charge in [0.2, 0.25) is 5.91 Å². The molecule has 2 aliphatic heterocycles. The van der Waals surface area contributed by atoms with Crippen LogP contribution in [0.2, 0.25) is 0 Å².